The lowest BCUT2D eigenvalue weighted by Gasteiger charge is -2.11. The second-order valence-corrected chi connectivity index (χ2v) is 7.21. The zero-order chi connectivity index (χ0) is 12.6. The van der Waals surface area contributed by atoms with Gasteiger partial charge >= 0.3 is 0 Å². The van der Waals surface area contributed by atoms with E-state index in [-0.39, 0.29) is 0 Å². The van der Waals surface area contributed by atoms with Gasteiger partial charge in [0.1, 0.15) is 11.6 Å². The van der Waals surface area contributed by atoms with Crippen LogP contribution < -0.4 is 5.73 Å². The first kappa shape index (κ1) is 13.1. The summed E-state index contributed by atoms with van der Waals surface area (Å²) in [7, 11) is 0. The van der Waals surface area contributed by atoms with E-state index in [2.05, 4.69) is 31.9 Å². The van der Waals surface area contributed by atoms with E-state index >= 15 is 0 Å². The van der Waals surface area contributed by atoms with Crippen LogP contribution in [0.5, 0.6) is 0 Å². The van der Waals surface area contributed by atoms with Crippen LogP contribution in [0.1, 0.15) is 17.2 Å². The van der Waals surface area contributed by atoms with Crippen LogP contribution in [0.2, 0.25) is 0 Å². The van der Waals surface area contributed by atoms with E-state index in [0.717, 1.165) is 19.2 Å². The van der Waals surface area contributed by atoms with Gasteiger partial charge < -0.3 is 5.73 Å². The molecule has 1 heterocycles. The molecule has 0 aliphatic carbocycles. The molecule has 0 amide bonds. The topological polar surface area (TPSA) is 26.0 Å². The van der Waals surface area contributed by atoms with Crippen molar-refractivity contribution < 1.29 is 8.78 Å². The van der Waals surface area contributed by atoms with Crippen molar-refractivity contribution in [2.45, 2.75) is 6.04 Å². The molecule has 0 radical (unpaired) electrons. The monoisotopic (exact) mass is 381 g/mol. The van der Waals surface area contributed by atoms with E-state index in [1.165, 1.54) is 23.5 Å². The van der Waals surface area contributed by atoms with Gasteiger partial charge in [0.05, 0.1) is 13.6 Å². The van der Waals surface area contributed by atoms with Crippen LogP contribution >= 0.6 is 43.2 Å². The van der Waals surface area contributed by atoms with Gasteiger partial charge in [-0.1, -0.05) is 0 Å². The Hall–Kier alpha value is -0.300. The Bertz CT molecular complexity index is 536. The molecule has 2 rings (SSSR count). The van der Waals surface area contributed by atoms with Gasteiger partial charge in [0.25, 0.3) is 0 Å². The number of rotatable bonds is 2. The average molecular weight is 383 g/mol. The lowest BCUT2D eigenvalue weighted by molar-refractivity contribution is 0.577. The van der Waals surface area contributed by atoms with E-state index in [0.29, 0.717) is 5.56 Å². The van der Waals surface area contributed by atoms with E-state index in [1.54, 1.807) is 0 Å². The summed E-state index contributed by atoms with van der Waals surface area (Å²) in [4.78, 5) is 0. The minimum Gasteiger partial charge on any atom is -0.320 e. The molecule has 0 aliphatic rings. The van der Waals surface area contributed by atoms with Gasteiger partial charge in [-0.15, -0.1) is 11.3 Å². The van der Waals surface area contributed by atoms with Gasteiger partial charge in [0.2, 0.25) is 0 Å². The number of nitrogens with two attached hydrogens (primary N) is 1. The molecule has 1 atom stereocenters. The molecule has 0 aliphatic heterocycles. The highest BCUT2D eigenvalue weighted by atomic mass is 79.9. The molecule has 2 aromatic rings. The third kappa shape index (κ3) is 2.93. The molecule has 1 aromatic carbocycles. The molecule has 0 fully saturated rings. The van der Waals surface area contributed by atoms with Gasteiger partial charge in [0, 0.05) is 6.07 Å². The van der Waals surface area contributed by atoms with Crippen molar-refractivity contribution >= 4 is 43.2 Å². The SMILES string of the molecule is NC(c1cc(F)cc(F)c1)c1cc(Br)sc1Br. The first-order valence-corrected chi connectivity index (χ1v) is 7.04. The molecule has 0 spiro atoms. The zero-order valence-electron chi connectivity index (χ0n) is 8.38. The van der Waals surface area contributed by atoms with Gasteiger partial charge in [-0.2, -0.15) is 0 Å². The van der Waals surface area contributed by atoms with E-state index < -0.39 is 17.7 Å². The van der Waals surface area contributed by atoms with Crippen molar-refractivity contribution in [1.82, 2.24) is 0 Å². The van der Waals surface area contributed by atoms with Crippen LogP contribution in [0.25, 0.3) is 0 Å². The standard InChI is InChI=1S/C11H7Br2F2NS/c12-9-4-8(11(13)17-9)10(16)5-1-6(14)3-7(15)2-5/h1-4,10H,16H2. The van der Waals surface area contributed by atoms with Crippen LogP contribution in [-0.4, -0.2) is 0 Å². The predicted molar refractivity (Wildman–Crippen MR) is 72.1 cm³/mol. The minimum absolute atomic E-state index is 0.411. The second kappa shape index (κ2) is 5.14. The number of halogens is 4. The predicted octanol–water partition coefficient (Wildman–Crippen LogP) is 4.60. The lowest BCUT2D eigenvalue weighted by Crippen LogP contribution is -2.12. The fourth-order valence-electron chi connectivity index (χ4n) is 1.50. The molecule has 2 N–H and O–H groups in total. The van der Waals surface area contributed by atoms with Gasteiger partial charge in [-0.3, -0.25) is 0 Å². The maximum Gasteiger partial charge on any atom is 0.126 e. The van der Waals surface area contributed by atoms with Crippen LogP contribution in [0.3, 0.4) is 0 Å². The Labute approximate surface area is 118 Å². The molecule has 1 nitrogen and oxygen atoms in total. The van der Waals surface area contributed by atoms with Crippen molar-refractivity contribution in [2.24, 2.45) is 5.73 Å². The smallest absolute Gasteiger partial charge is 0.126 e. The summed E-state index contributed by atoms with van der Waals surface area (Å²) in [5, 5.41) is 0. The van der Waals surface area contributed by atoms with Crippen LogP contribution in [-0.2, 0) is 0 Å². The summed E-state index contributed by atoms with van der Waals surface area (Å²) in [6, 6.07) is 4.59. The average Bonchev–Trinajstić information content (AvgIpc) is 2.55. The molecule has 90 valence electrons. The largest absolute Gasteiger partial charge is 0.320 e. The highest BCUT2D eigenvalue weighted by molar-refractivity contribution is 9.12. The first-order valence-electron chi connectivity index (χ1n) is 4.63. The van der Waals surface area contributed by atoms with Crippen molar-refractivity contribution in [1.29, 1.82) is 0 Å². The summed E-state index contributed by atoms with van der Waals surface area (Å²) in [5.74, 6) is -1.25. The maximum atomic E-state index is 13.1. The molecule has 1 aromatic heterocycles. The van der Waals surface area contributed by atoms with Gasteiger partial charge in [0.15, 0.2) is 0 Å². The zero-order valence-corrected chi connectivity index (χ0v) is 12.4. The van der Waals surface area contributed by atoms with Crippen molar-refractivity contribution in [2.75, 3.05) is 0 Å². The first-order chi connectivity index (χ1) is 7.97. The molecule has 0 saturated carbocycles. The van der Waals surface area contributed by atoms with E-state index in [1.807, 2.05) is 6.07 Å². The van der Waals surface area contributed by atoms with Crippen LogP contribution in [0, 0.1) is 11.6 Å². The Morgan fingerprint density at radius 2 is 1.65 bits per heavy atom. The van der Waals surface area contributed by atoms with Crippen molar-refractivity contribution in [3.63, 3.8) is 0 Å². The molecular weight excluding hydrogens is 376 g/mol. The molecule has 6 heteroatoms. The molecule has 0 saturated heterocycles. The molecule has 0 bridgehead atoms. The lowest BCUT2D eigenvalue weighted by atomic mass is 10.0. The van der Waals surface area contributed by atoms with Crippen LogP contribution in [0.15, 0.2) is 31.8 Å². The Balaban J connectivity index is 2.43. The highest BCUT2D eigenvalue weighted by Gasteiger charge is 2.16. The highest BCUT2D eigenvalue weighted by Crippen LogP contribution is 2.37. The fourth-order valence-corrected chi connectivity index (χ4v) is 4.43. The Morgan fingerprint density at radius 3 is 2.12 bits per heavy atom. The second-order valence-electron chi connectivity index (χ2n) is 3.46. The summed E-state index contributed by atoms with van der Waals surface area (Å²) >= 11 is 8.18. The number of benzene rings is 1. The molecular formula is C11H7Br2F2NS. The number of thiophene rings is 1. The summed E-state index contributed by atoms with van der Waals surface area (Å²) in [6.45, 7) is 0. The van der Waals surface area contributed by atoms with Crippen LogP contribution in [0.4, 0.5) is 8.78 Å². The van der Waals surface area contributed by atoms with E-state index in [4.69, 9.17) is 5.73 Å². The van der Waals surface area contributed by atoms with Crippen molar-refractivity contribution in [3.05, 3.63) is 54.6 Å². The quantitative estimate of drug-likeness (QED) is 0.806. The normalized spacial score (nSPS) is 12.8. The number of hydrogen-bond acceptors (Lipinski definition) is 2. The Kier molecular flexibility index (Phi) is 3.97. The maximum absolute atomic E-state index is 13.1. The fraction of sp³-hybridized carbons (Fsp3) is 0.0909. The summed E-state index contributed by atoms with van der Waals surface area (Å²) in [5.41, 5.74) is 7.20. The number of hydrogen-bond donors (Lipinski definition) is 1. The molecule has 17 heavy (non-hydrogen) atoms. The van der Waals surface area contributed by atoms with Crippen molar-refractivity contribution in [3.8, 4) is 0 Å². The summed E-state index contributed by atoms with van der Waals surface area (Å²) in [6.07, 6.45) is 0. The summed E-state index contributed by atoms with van der Waals surface area (Å²) < 4.78 is 27.9. The van der Waals surface area contributed by atoms with Gasteiger partial charge in [-0.05, 0) is 61.2 Å². The molecule has 1 unspecified atom stereocenters. The third-order valence-electron chi connectivity index (χ3n) is 2.26. The minimum atomic E-state index is -0.624. The Morgan fingerprint density at radius 1 is 1.06 bits per heavy atom. The van der Waals surface area contributed by atoms with Gasteiger partial charge in [-0.25, -0.2) is 8.78 Å². The van der Waals surface area contributed by atoms with E-state index in [9.17, 15) is 8.78 Å². The third-order valence-corrected chi connectivity index (χ3v) is 4.65.